The number of carbonyl (C=O) groups excluding carboxylic acids is 1. The molecule has 0 aromatic carbocycles. The molecule has 0 bridgehead atoms. The van der Waals surface area contributed by atoms with Crippen LogP contribution in [0, 0.1) is 28.6 Å². The smallest absolute Gasteiger partial charge is 0.312 e. The molecule has 2 heteroatoms. The van der Waals surface area contributed by atoms with Gasteiger partial charge in [0, 0.05) is 5.41 Å². The van der Waals surface area contributed by atoms with Gasteiger partial charge in [-0.3, -0.25) is 4.79 Å². The summed E-state index contributed by atoms with van der Waals surface area (Å²) in [6.45, 7) is 19.8. The first-order chi connectivity index (χ1) is 9.88. The molecule has 0 radical (unpaired) electrons. The SMILES string of the molecule is CCC(C)(CC(C)C)C(=O)OC1(C(C)(C)C)CC(C)CC1C. The van der Waals surface area contributed by atoms with Crippen molar-refractivity contribution in [1.29, 1.82) is 0 Å². The van der Waals surface area contributed by atoms with Gasteiger partial charge < -0.3 is 4.74 Å². The van der Waals surface area contributed by atoms with E-state index >= 15 is 0 Å². The number of esters is 1. The zero-order chi connectivity index (χ0) is 17.3. The number of hydrogen-bond donors (Lipinski definition) is 0. The molecule has 2 nitrogen and oxygen atoms in total. The number of ether oxygens (including phenoxy) is 1. The Kier molecular flexibility index (Phi) is 5.79. The third kappa shape index (κ3) is 3.68. The number of rotatable bonds is 5. The Morgan fingerprint density at radius 2 is 1.77 bits per heavy atom. The molecule has 0 N–H and O–H groups in total. The van der Waals surface area contributed by atoms with Gasteiger partial charge in [-0.15, -0.1) is 0 Å². The van der Waals surface area contributed by atoms with E-state index in [0.29, 0.717) is 17.8 Å². The highest BCUT2D eigenvalue weighted by molar-refractivity contribution is 5.77. The van der Waals surface area contributed by atoms with Gasteiger partial charge >= 0.3 is 5.97 Å². The maximum atomic E-state index is 13.1. The second-order valence-electron chi connectivity index (χ2n) is 9.49. The molecule has 1 aliphatic rings. The van der Waals surface area contributed by atoms with Crippen molar-refractivity contribution in [3.63, 3.8) is 0 Å². The molecule has 1 saturated carbocycles. The molecular formula is C20H38O2. The minimum absolute atomic E-state index is 0.0135. The Morgan fingerprint density at radius 1 is 1.23 bits per heavy atom. The summed E-state index contributed by atoms with van der Waals surface area (Å²) in [5.41, 5.74) is -0.714. The summed E-state index contributed by atoms with van der Waals surface area (Å²) in [7, 11) is 0. The normalized spacial score (nSPS) is 32.1. The first-order valence-corrected chi connectivity index (χ1v) is 9.11. The van der Waals surface area contributed by atoms with Crippen LogP contribution in [0.1, 0.15) is 88.0 Å². The van der Waals surface area contributed by atoms with Crippen molar-refractivity contribution >= 4 is 5.97 Å². The molecule has 1 fully saturated rings. The molecule has 4 unspecified atom stereocenters. The van der Waals surface area contributed by atoms with E-state index in [1.165, 1.54) is 0 Å². The van der Waals surface area contributed by atoms with Crippen LogP contribution >= 0.6 is 0 Å². The van der Waals surface area contributed by atoms with Gasteiger partial charge in [0.2, 0.25) is 0 Å². The van der Waals surface area contributed by atoms with Crippen molar-refractivity contribution in [3.8, 4) is 0 Å². The highest BCUT2D eigenvalue weighted by Gasteiger charge is 2.55. The monoisotopic (exact) mass is 310 g/mol. The lowest BCUT2D eigenvalue weighted by atomic mass is 9.70. The molecule has 0 amide bonds. The van der Waals surface area contributed by atoms with E-state index in [-0.39, 0.29) is 22.4 Å². The zero-order valence-corrected chi connectivity index (χ0v) is 16.4. The van der Waals surface area contributed by atoms with Gasteiger partial charge in [-0.25, -0.2) is 0 Å². The van der Waals surface area contributed by atoms with Crippen molar-refractivity contribution in [2.24, 2.45) is 28.6 Å². The van der Waals surface area contributed by atoms with Crippen molar-refractivity contribution < 1.29 is 9.53 Å². The highest BCUT2D eigenvalue weighted by Crippen LogP contribution is 2.53. The van der Waals surface area contributed by atoms with Crippen LogP contribution in [0.4, 0.5) is 0 Å². The van der Waals surface area contributed by atoms with E-state index in [4.69, 9.17) is 4.74 Å². The summed E-state index contributed by atoms with van der Waals surface area (Å²) in [6.07, 6.45) is 3.88. The van der Waals surface area contributed by atoms with Gasteiger partial charge in [-0.05, 0) is 50.4 Å². The summed E-state index contributed by atoms with van der Waals surface area (Å²) in [6, 6.07) is 0. The molecule has 1 rings (SSSR count). The largest absolute Gasteiger partial charge is 0.458 e. The van der Waals surface area contributed by atoms with Crippen LogP contribution in [0.15, 0.2) is 0 Å². The maximum absolute atomic E-state index is 13.1. The predicted molar refractivity (Wildman–Crippen MR) is 93.7 cm³/mol. The average molecular weight is 311 g/mol. The molecule has 1 aliphatic carbocycles. The topological polar surface area (TPSA) is 26.3 Å². The minimum atomic E-state index is -0.363. The fourth-order valence-electron chi connectivity index (χ4n) is 4.50. The summed E-state index contributed by atoms with van der Waals surface area (Å²) in [4.78, 5) is 13.1. The second kappa shape index (κ2) is 6.53. The molecular weight excluding hydrogens is 272 g/mol. The Bertz CT molecular complexity index is 393. The first-order valence-electron chi connectivity index (χ1n) is 9.11. The quantitative estimate of drug-likeness (QED) is 0.596. The summed E-state index contributed by atoms with van der Waals surface area (Å²) >= 11 is 0. The average Bonchev–Trinajstić information content (AvgIpc) is 2.63. The molecule has 130 valence electrons. The van der Waals surface area contributed by atoms with Crippen molar-refractivity contribution in [2.75, 3.05) is 0 Å². The van der Waals surface area contributed by atoms with Crippen LogP contribution in [0.2, 0.25) is 0 Å². The van der Waals surface area contributed by atoms with E-state index in [9.17, 15) is 4.79 Å². The Morgan fingerprint density at radius 3 is 2.09 bits per heavy atom. The Hall–Kier alpha value is -0.530. The number of carbonyl (C=O) groups is 1. The first kappa shape index (κ1) is 19.5. The Balaban J connectivity index is 3.08. The molecule has 4 atom stereocenters. The standard InChI is InChI=1S/C20H38O2/c1-10-19(9,12-14(2)3)17(21)22-20(18(6,7)8)13-15(4)11-16(20)5/h14-16H,10-13H2,1-9H3. The van der Waals surface area contributed by atoms with Crippen LogP contribution in [-0.2, 0) is 9.53 Å². The van der Waals surface area contributed by atoms with Crippen molar-refractivity contribution in [2.45, 2.75) is 93.6 Å². The van der Waals surface area contributed by atoms with E-state index in [0.717, 1.165) is 25.7 Å². The van der Waals surface area contributed by atoms with E-state index < -0.39 is 0 Å². The third-order valence-electron chi connectivity index (χ3n) is 5.88. The van der Waals surface area contributed by atoms with Gasteiger partial charge in [-0.1, -0.05) is 55.4 Å². The molecule has 0 aromatic rings. The van der Waals surface area contributed by atoms with Gasteiger partial charge in [0.15, 0.2) is 0 Å². The lowest BCUT2D eigenvalue weighted by molar-refractivity contribution is -0.192. The van der Waals surface area contributed by atoms with Crippen LogP contribution in [0.3, 0.4) is 0 Å². The second-order valence-corrected chi connectivity index (χ2v) is 9.49. The van der Waals surface area contributed by atoms with Gasteiger partial charge in [0.05, 0.1) is 5.41 Å². The van der Waals surface area contributed by atoms with E-state index in [2.05, 4.69) is 62.3 Å². The fraction of sp³-hybridized carbons (Fsp3) is 0.950. The summed E-state index contributed by atoms with van der Waals surface area (Å²) in [5.74, 6) is 1.56. The molecule has 0 heterocycles. The predicted octanol–water partition coefficient (Wildman–Crippen LogP) is 5.84. The minimum Gasteiger partial charge on any atom is -0.458 e. The maximum Gasteiger partial charge on any atom is 0.312 e. The van der Waals surface area contributed by atoms with Gasteiger partial charge in [0.25, 0.3) is 0 Å². The fourth-order valence-corrected chi connectivity index (χ4v) is 4.50. The lowest BCUT2D eigenvalue weighted by Crippen LogP contribution is -2.51. The molecule has 0 saturated heterocycles. The van der Waals surface area contributed by atoms with Crippen LogP contribution in [-0.4, -0.2) is 11.6 Å². The van der Waals surface area contributed by atoms with Crippen molar-refractivity contribution in [1.82, 2.24) is 0 Å². The lowest BCUT2D eigenvalue weighted by Gasteiger charge is -2.46. The third-order valence-corrected chi connectivity index (χ3v) is 5.88. The summed E-state index contributed by atoms with van der Waals surface area (Å²) in [5, 5.41) is 0. The van der Waals surface area contributed by atoms with Crippen molar-refractivity contribution in [3.05, 3.63) is 0 Å². The van der Waals surface area contributed by atoms with Crippen LogP contribution in [0.25, 0.3) is 0 Å². The molecule has 22 heavy (non-hydrogen) atoms. The molecule has 0 aromatic heterocycles. The van der Waals surface area contributed by atoms with Gasteiger partial charge in [-0.2, -0.15) is 0 Å². The highest BCUT2D eigenvalue weighted by atomic mass is 16.6. The summed E-state index contributed by atoms with van der Waals surface area (Å²) < 4.78 is 6.36. The van der Waals surface area contributed by atoms with Crippen LogP contribution < -0.4 is 0 Å². The number of hydrogen-bond acceptors (Lipinski definition) is 2. The zero-order valence-electron chi connectivity index (χ0n) is 16.4. The molecule has 0 aliphatic heterocycles. The molecule has 0 spiro atoms. The Labute approximate surface area is 138 Å². The van der Waals surface area contributed by atoms with Gasteiger partial charge in [0.1, 0.15) is 5.60 Å². The van der Waals surface area contributed by atoms with E-state index in [1.54, 1.807) is 0 Å². The van der Waals surface area contributed by atoms with Crippen LogP contribution in [0.5, 0.6) is 0 Å². The van der Waals surface area contributed by atoms with E-state index in [1.807, 2.05) is 0 Å².